The molecule has 10 nitrogen and oxygen atoms in total. The third-order valence-electron chi connectivity index (χ3n) is 13.9. The second kappa shape index (κ2) is 24.5. The number of hydrogen-bond donors (Lipinski definition) is 0. The number of methoxy groups -OCH3 is 2. The van der Waals surface area contributed by atoms with Crippen LogP contribution in [0.15, 0.2) is 109 Å². The van der Waals surface area contributed by atoms with E-state index in [0.29, 0.717) is 0 Å². The molecule has 0 aliphatic carbocycles. The summed E-state index contributed by atoms with van der Waals surface area (Å²) in [5, 5.41) is 0.0412. The lowest BCUT2D eigenvalue weighted by Gasteiger charge is -2.44. The van der Waals surface area contributed by atoms with Crippen LogP contribution in [0.2, 0.25) is 0 Å². The monoisotopic (exact) mass is 1030 g/mol. The van der Waals surface area contributed by atoms with Crippen molar-refractivity contribution in [3.63, 3.8) is 0 Å². The maximum atomic E-state index is 12.0. The van der Waals surface area contributed by atoms with Crippen molar-refractivity contribution in [2.75, 3.05) is 20.5 Å². The van der Waals surface area contributed by atoms with Gasteiger partial charge in [-0.3, -0.25) is 14.4 Å². The van der Waals surface area contributed by atoms with E-state index in [9.17, 15) is 14.4 Å². The molecule has 4 heterocycles. The maximum Gasteiger partial charge on any atom is 0.303 e. The predicted octanol–water partition coefficient (Wildman–Crippen LogP) is 13.4. The third-order valence-corrected chi connectivity index (χ3v) is 17.2. The first-order valence-corrected chi connectivity index (χ1v) is 27.4. The second-order valence-electron chi connectivity index (χ2n) is 18.8. The number of carbonyl (C=O) groups is 3. The van der Waals surface area contributed by atoms with E-state index in [2.05, 4.69) is 101 Å². The Hall–Kier alpha value is -5.44. The Balaban J connectivity index is 0.000000212. The van der Waals surface area contributed by atoms with Gasteiger partial charge in [0, 0.05) is 76.1 Å². The van der Waals surface area contributed by atoms with E-state index in [1.165, 1.54) is 46.5 Å². The van der Waals surface area contributed by atoms with Crippen LogP contribution >= 0.6 is 34.4 Å². The van der Waals surface area contributed by atoms with E-state index in [1.807, 2.05) is 56.3 Å². The first-order chi connectivity index (χ1) is 34.5. The van der Waals surface area contributed by atoms with Gasteiger partial charge in [-0.25, -0.2) is 0 Å². The molecule has 2 fully saturated rings. The van der Waals surface area contributed by atoms with Crippen LogP contribution in [-0.2, 0) is 50.9 Å². The Bertz CT molecular complexity index is 2810. The summed E-state index contributed by atoms with van der Waals surface area (Å²) in [7, 11) is 3.40. The molecular formula is C59H68O10S3. The first kappa shape index (κ1) is 54.3. The number of benzene rings is 4. The molecule has 0 saturated carbocycles. The molecule has 4 aromatic carbocycles. The highest BCUT2D eigenvalue weighted by atomic mass is 32.2. The molecule has 2 aromatic heterocycles. The predicted molar refractivity (Wildman–Crippen MR) is 289 cm³/mol. The van der Waals surface area contributed by atoms with Crippen LogP contribution in [0.5, 0.6) is 11.5 Å². The van der Waals surface area contributed by atoms with Crippen molar-refractivity contribution < 1.29 is 47.5 Å². The van der Waals surface area contributed by atoms with Gasteiger partial charge in [-0.05, 0) is 116 Å². The minimum atomic E-state index is -0.734. The molecule has 0 amide bonds. The molecule has 13 heteroatoms. The van der Waals surface area contributed by atoms with E-state index in [4.69, 9.17) is 33.2 Å². The molecule has 382 valence electrons. The third kappa shape index (κ3) is 12.8. The smallest absolute Gasteiger partial charge is 0.303 e. The van der Waals surface area contributed by atoms with Crippen molar-refractivity contribution in [2.45, 2.75) is 123 Å². The highest BCUT2D eigenvalue weighted by Gasteiger charge is 2.47. The zero-order valence-electron chi connectivity index (χ0n) is 43.4. The lowest BCUT2D eigenvalue weighted by molar-refractivity contribution is -0.222. The van der Waals surface area contributed by atoms with Crippen LogP contribution in [0.3, 0.4) is 0 Å². The van der Waals surface area contributed by atoms with Crippen molar-refractivity contribution in [1.29, 1.82) is 0 Å². The minimum Gasteiger partial charge on any atom is -0.496 e. The first-order valence-electron chi connectivity index (χ1n) is 24.5. The number of thioether (sulfide) groups is 1. The normalized spacial score (nSPS) is 23.8. The molecular weight excluding hydrogens is 965 g/mol. The largest absolute Gasteiger partial charge is 0.496 e. The Morgan fingerprint density at radius 1 is 0.542 bits per heavy atom. The van der Waals surface area contributed by atoms with Crippen LogP contribution in [0, 0.1) is 25.7 Å². The Kier molecular flexibility index (Phi) is 18.5. The molecule has 8 rings (SSSR count). The molecule has 2 saturated heterocycles. The van der Waals surface area contributed by atoms with E-state index in [1.54, 1.807) is 48.7 Å². The average Bonchev–Trinajstić information content (AvgIpc) is 4.04. The van der Waals surface area contributed by atoms with E-state index in [-0.39, 0.29) is 47.5 Å². The maximum absolute atomic E-state index is 12.0. The summed E-state index contributed by atoms with van der Waals surface area (Å²) in [6.07, 6.45) is 1.30. The van der Waals surface area contributed by atoms with Gasteiger partial charge in [0.05, 0.1) is 37.8 Å². The zero-order valence-corrected chi connectivity index (χ0v) is 45.8. The van der Waals surface area contributed by atoms with Gasteiger partial charge < -0.3 is 33.2 Å². The number of aryl methyl sites for hydroxylation is 2. The van der Waals surface area contributed by atoms with Crippen molar-refractivity contribution in [1.82, 2.24) is 0 Å². The molecule has 0 N–H and O–H groups in total. The summed E-state index contributed by atoms with van der Waals surface area (Å²) in [6, 6.07) is 37.6. The lowest BCUT2D eigenvalue weighted by atomic mass is 9.85. The molecule has 2 unspecified atom stereocenters. The van der Waals surface area contributed by atoms with Gasteiger partial charge >= 0.3 is 17.9 Å². The van der Waals surface area contributed by atoms with Gasteiger partial charge in [0.15, 0.2) is 6.10 Å². The Morgan fingerprint density at radius 2 is 0.958 bits per heavy atom. The Morgan fingerprint density at radius 3 is 1.42 bits per heavy atom. The molecule has 72 heavy (non-hydrogen) atoms. The quantitative estimate of drug-likeness (QED) is 0.0767. The fourth-order valence-corrected chi connectivity index (χ4v) is 12.8. The molecule has 0 bridgehead atoms. The topological polar surface area (TPSA) is 116 Å². The average molecular weight is 1030 g/mol. The van der Waals surface area contributed by atoms with E-state index >= 15 is 0 Å². The molecule has 2 aliphatic rings. The molecule has 0 spiro atoms. The number of para-hydroxylation sites is 2. The summed E-state index contributed by atoms with van der Waals surface area (Å²) >= 11 is 5.25. The standard InChI is InChI=1S/C30H34O6S.C29H34O4S2/c1-17-11-12-22(29-30(36-21(5)32)28(35-20(4)31)18(2)19(3)34-29)15-23(17)16-24-13-14-27(37-24)25-9-7-8-10-26(25)33-6;1-17-11-12-21(28-29(34-6)27(33-20(4)30)18(2)19(3)32-28)15-22(17)16-23-13-14-26(35-23)24-9-7-8-10-25(24)31-5/h7-15,18-19,28-30H,16H2,1-6H3;7-15,18-19,27-29H,16H2,1-6H3/t18-,19-,28+,29?,30-;18-,19-,27+,28?,29-/m11/s1. The van der Waals surface area contributed by atoms with Gasteiger partial charge in [0.25, 0.3) is 0 Å². The summed E-state index contributed by atoms with van der Waals surface area (Å²) in [5.74, 6) is 0.670. The van der Waals surface area contributed by atoms with E-state index < -0.39 is 30.3 Å². The molecule has 2 aliphatic heterocycles. The summed E-state index contributed by atoms with van der Waals surface area (Å²) in [4.78, 5) is 40.6. The molecule has 0 radical (unpaired) electrons. The van der Waals surface area contributed by atoms with Crippen LogP contribution < -0.4 is 9.47 Å². The lowest BCUT2D eigenvalue weighted by Crippen LogP contribution is -2.52. The summed E-state index contributed by atoms with van der Waals surface area (Å²) in [5.41, 5.74) is 9.10. The van der Waals surface area contributed by atoms with Crippen molar-refractivity contribution in [3.05, 3.63) is 152 Å². The molecule has 10 atom stereocenters. The van der Waals surface area contributed by atoms with Gasteiger partial charge in [-0.1, -0.05) is 74.5 Å². The Labute approximate surface area is 437 Å². The van der Waals surface area contributed by atoms with Crippen LogP contribution in [-0.4, -0.2) is 74.2 Å². The second-order valence-corrected chi connectivity index (χ2v) is 22.2. The summed E-state index contributed by atoms with van der Waals surface area (Å²) < 4.78 is 41.1. The highest BCUT2D eigenvalue weighted by molar-refractivity contribution is 7.99. The van der Waals surface area contributed by atoms with Gasteiger partial charge in [-0.15, -0.1) is 22.7 Å². The zero-order chi connectivity index (χ0) is 51.8. The SMILES string of the molecule is COc1ccccc1-c1ccc(Cc2cc(C3O[C@H](C)[C@@H](C)[C@H](OC(C)=O)[C@H]3OC(C)=O)ccc2C)s1.COc1ccccc1-c1ccc(Cc2cc(C3O[C@H](C)[C@@H](C)[C@H](OC(C)=O)[C@H]3SC)ccc2C)s1. The van der Waals surface area contributed by atoms with Crippen molar-refractivity contribution in [3.8, 4) is 32.4 Å². The number of hydrogen-bond acceptors (Lipinski definition) is 13. The number of esters is 3. The van der Waals surface area contributed by atoms with Crippen molar-refractivity contribution >= 4 is 52.3 Å². The fourth-order valence-electron chi connectivity index (χ4n) is 9.61. The fraction of sp³-hybridized carbons (Fsp3) is 0.407. The van der Waals surface area contributed by atoms with E-state index in [0.717, 1.165) is 62.6 Å². The van der Waals surface area contributed by atoms with Crippen LogP contribution in [0.1, 0.15) is 104 Å². The van der Waals surface area contributed by atoms with Gasteiger partial charge in [-0.2, -0.15) is 11.8 Å². The number of rotatable bonds is 14. The number of carbonyl (C=O) groups excluding carboxylic acids is 3. The van der Waals surface area contributed by atoms with Crippen LogP contribution in [0.4, 0.5) is 0 Å². The van der Waals surface area contributed by atoms with Crippen LogP contribution in [0.25, 0.3) is 20.9 Å². The highest BCUT2D eigenvalue weighted by Crippen LogP contribution is 2.44. The number of ether oxygens (including phenoxy) is 7. The van der Waals surface area contributed by atoms with Gasteiger partial charge in [0.1, 0.15) is 29.8 Å². The number of thiophene rings is 2. The molecule has 6 aromatic rings. The van der Waals surface area contributed by atoms with Crippen molar-refractivity contribution in [2.24, 2.45) is 11.8 Å². The van der Waals surface area contributed by atoms with Gasteiger partial charge in [0.2, 0.25) is 0 Å². The minimum absolute atomic E-state index is 0.00166. The summed E-state index contributed by atoms with van der Waals surface area (Å²) in [6.45, 7) is 16.6.